The Morgan fingerprint density at radius 1 is 1.47 bits per heavy atom. The van der Waals surface area contributed by atoms with Crippen LogP contribution in [0.1, 0.15) is 17.3 Å². The maximum atomic E-state index is 14.0. The Bertz CT molecular complexity index is 555. The van der Waals surface area contributed by atoms with Crippen molar-refractivity contribution in [3.63, 3.8) is 0 Å². The fourth-order valence-corrected chi connectivity index (χ4v) is 2.06. The number of nitrogens with two attached hydrogens (primary N) is 1. The molecule has 1 heterocycles. The zero-order valence-electron chi connectivity index (χ0n) is 10.9. The summed E-state index contributed by atoms with van der Waals surface area (Å²) in [6, 6.07) is 6.18. The van der Waals surface area contributed by atoms with Gasteiger partial charge in [-0.05, 0) is 18.2 Å². The molecule has 102 valence electrons. The van der Waals surface area contributed by atoms with Gasteiger partial charge in [-0.1, -0.05) is 6.07 Å². The molecular weight excluding hydrogens is 247 g/mol. The summed E-state index contributed by atoms with van der Waals surface area (Å²) in [6.07, 6.45) is 2.32. The number of nitrogens with zero attached hydrogens (tertiary/aromatic N) is 2. The second-order valence-corrected chi connectivity index (χ2v) is 4.26. The van der Waals surface area contributed by atoms with Crippen molar-refractivity contribution < 1.29 is 9.13 Å². The smallest absolute Gasteiger partial charge is 0.131 e. The monoisotopic (exact) mass is 264 g/mol. The van der Waals surface area contributed by atoms with E-state index in [0.717, 1.165) is 5.69 Å². The van der Waals surface area contributed by atoms with Crippen molar-refractivity contribution in [1.82, 2.24) is 15.2 Å². The molecule has 0 saturated carbocycles. The molecule has 0 bridgehead atoms. The van der Waals surface area contributed by atoms with Gasteiger partial charge in [0.15, 0.2) is 0 Å². The lowest BCUT2D eigenvalue weighted by Crippen LogP contribution is -2.30. The van der Waals surface area contributed by atoms with Crippen molar-refractivity contribution in [1.29, 1.82) is 0 Å². The minimum atomic E-state index is -0.397. The van der Waals surface area contributed by atoms with Crippen molar-refractivity contribution in [3.05, 3.63) is 47.5 Å². The molecule has 5 nitrogen and oxygen atoms in total. The summed E-state index contributed by atoms with van der Waals surface area (Å²) >= 11 is 0. The summed E-state index contributed by atoms with van der Waals surface area (Å²) in [5, 5.41) is 4.27. The van der Waals surface area contributed by atoms with Gasteiger partial charge in [0.1, 0.15) is 11.6 Å². The summed E-state index contributed by atoms with van der Waals surface area (Å²) in [5.74, 6) is 5.67. The third kappa shape index (κ3) is 2.91. The highest BCUT2D eigenvalue weighted by atomic mass is 19.1. The number of aryl methyl sites for hydroxylation is 1. The zero-order chi connectivity index (χ0) is 13.8. The lowest BCUT2D eigenvalue weighted by molar-refractivity contribution is 0.389. The lowest BCUT2D eigenvalue weighted by atomic mass is 10.0. The molecule has 1 unspecified atom stereocenters. The molecule has 0 radical (unpaired) electrons. The van der Waals surface area contributed by atoms with Crippen molar-refractivity contribution in [2.75, 3.05) is 7.11 Å². The molecule has 3 N–H and O–H groups in total. The Balaban J connectivity index is 2.31. The van der Waals surface area contributed by atoms with E-state index in [4.69, 9.17) is 10.6 Å². The largest absolute Gasteiger partial charge is 0.496 e. The topological polar surface area (TPSA) is 65.1 Å². The molecule has 0 aliphatic heterocycles. The molecule has 6 heteroatoms. The Labute approximate surface area is 111 Å². The number of hydrogen-bond acceptors (Lipinski definition) is 4. The molecule has 1 atom stereocenters. The summed E-state index contributed by atoms with van der Waals surface area (Å²) < 4.78 is 20.9. The van der Waals surface area contributed by atoms with Gasteiger partial charge < -0.3 is 4.74 Å². The molecule has 0 saturated heterocycles. The van der Waals surface area contributed by atoms with Crippen molar-refractivity contribution in [2.24, 2.45) is 12.9 Å². The minimum absolute atomic E-state index is 0.349. The van der Waals surface area contributed by atoms with Crippen molar-refractivity contribution in [3.8, 4) is 5.75 Å². The fourth-order valence-electron chi connectivity index (χ4n) is 2.06. The lowest BCUT2D eigenvalue weighted by Gasteiger charge is -2.18. The molecule has 0 spiro atoms. The average Bonchev–Trinajstić information content (AvgIpc) is 2.81. The Morgan fingerprint density at radius 3 is 2.84 bits per heavy atom. The first-order chi connectivity index (χ1) is 9.15. The van der Waals surface area contributed by atoms with Crippen LogP contribution in [0.5, 0.6) is 5.75 Å². The highest BCUT2D eigenvalue weighted by Gasteiger charge is 2.20. The first-order valence-electron chi connectivity index (χ1n) is 5.92. The van der Waals surface area contributed by atoms with Gasteiger partial charge in [-0.2, -0.15) is 5.10 Å². The van der Waals surface area contributed by atoms with Crippen LogP contribution in [0, 0.1) is 5.82 Å². The maximum absolute atomic E-state index is 14.0. The van der Waals surface area contributed by atoms with Gasteiger partial charge in [0.25, 0.3) is 0 Å². The first kappa shape index (κ1) is 13.5. The molecule has 1 aromatic carbocycles. The van der Waals surface area contributed by atoms with Crippen LogP contribution in [0.2, 0.25) is 0 Å². The second kappa shape index (κ2) is 5.81. The number of hydrogen-bond donors (Lipinski definition) is 2. The molecule has 0 amide bonds. The fraction of sp³-hybridized carbons (Fsp3) is 0.308. The highest BCUT2D eigenvalue weighted by Crippen LogP contribution is 2.29. The van der Waals surface area contributed by atoms with Crippen LogP contribution in [0.3, 0.4) is 0 Å². The first-order valence-corrected chi connectivity index (χ1v) is 5.92. The molecule has 1 aromatic heterocycles. The quantitative estimate of drug-likeness (QED) is 0.631. The highest BCUT2D eigenvalue weighted by molar-refractivity contribution is 5.37. The van der Waals surface area contributed by atoms with Gasteiger partial charge in [0, 0.05) is 25.2 Å². The van der Waals surface area contributed by atoms with Crippen LogP contribution in [0.15, 0.2) is 30.5 Å². The normalized spacial score (nSPS) is 12.4. The van der Waals surface area contributed by atoms with Crippen LogP contribution >= 0.6 is 0 Å². The van der Waals surface area contributed by atoms with Crippen LogP contribution < -0.4 is 16.0 Å². The van der Waals surface area contributed by atoms with E-state index in [1.807, 2.05) is 19.3 Å². The SMILES string of the molecule is COc1cccc(F)c1C(Cc1ccn(C)n1)NN. The summed E-state index contributed by atoms with van der Waals surface area (Å²) in [4.78, 5) is 0. The van der Waals surface area contributed by atoms with Gasteiger partial charge in [-0.3, -0.25) is 16.0 Å². The molecule has 2 aromatic rings. The number of hydrazine groups is 1. The Hall–Kier alpha value is -1.92. The number of rotatable bonds is 5. The predicted molar refractivity (Wildman–Crippen MR) is 69.9 cm³/mol. The van der Waals surface area contributed by atoms with Gasteiger partial charge in [-0.25, -0.2) is 4.39 Å². The van der Waals surface area contributed by atoms with Crippen LogP contribution in [-0.2, 0) is 13.5 Å². The van der Waals surface area contributed by atoms with Gasteiger partial charge in [-0.15, -0.1) is 0 Å². The number of nitrogens with one attached hydrogen (secondary N) is 1. The third-order valence-electron chi connectivity index (χ3n) is 2.96. The van der Waals surface area contributed by atoms with E-state index in [9.17, 15) is 4.39 Å². The Kier molecular flexibility index (Phi) is 4.13. The van der Waals surface area contributed by atoms with Crippen LogP contribution in [-0.4, -0.2) is 16.9 Å². The number of benzene rings is 1. The number of aromatic nitrogens is 2. The van der Waals surface area contributed by atoms with Gasteiger partial charge >= 0.3 is 0 Å². The van der Waals surface area contributed by atoms with E-state index in [-0.39, 0.29) is 5.82 Å². The molecule has 0 aliphatic carbocycles. The van der Waals surface area contributed by atoms with Crippen LogP contribution in [0.25, 0.3) is 0 Å². The average molecular weight is 264 g/mol. The maximum Gasteiger partial charge on any atom is 0.131 e. The van der Waals surface area contributed by atoms with Crippen molar-refractivity contribution in [2.45, 2.75) is 12.5 Å². The second-order valence-electron chi connectivity index (χ2n) is 4.26. The number of methoxy groups -OCH3 is 1. The summed E-state index contributed by atoms with van der Waals surface area (Å²) in [6.45, 7) is 0. The third-order valence-corrected chi connectivity index (χ3v) is 2.96. The summed E-state index contributed by atoms with van der Waals surface area (Å²) in [5.41, 5.74) is 3.87. The minimum Gasteiger partial charge on any atom is -0.496 e. The molecule has 2 rings (SSSR count). The van der Waals surface area contributed by atoms with E-state index in [0.29, 0.717) is 17.7 Å². The molecule has 0 aliphatic rings. The standard InChI is InChI=1S/C13H17FN4O/c1-18-7-6-9(17-18)8-11(16-15)13-10(14)4-3-5-12(13)19-2/h3-7,11,16H,8,15H2,1-2H3. The van der Waals surface area contributed by atoms with E-state index in [2.05, 4.69) is 10.5 Å². The zero-order valence-corrected chi connectivity index (χ0v) is 10.9. The molecular formula is C13H17FN4O. The van der Waals surface area contributed by atoms with E-state index >= 15 is 0 Å². The Morgan fingerprint density at radius 2 is 2.26 bits per heavy atom. The van der Waals surface area contributed by atoms with Gasteiger partial charge in [0.2, 0.25) is 0 Å². The van der Waals surface area contributed by atoms with E-state index < -0.39 is 6.04 Å². The number of ether oxygens (including phenoxy) is 1. The predicted octanol–water partition coefficient (Wildman–Crippen LogP) is 1.31. The molecule has 0 fully saturated rings. The van der Waals surface area contributed by atoms with Crippen molar-refractivity contribution >= 4 is 0 Å². The van der Waals surface area contributed by atoms with E-state index in [1.165, 1.54) is 13.2 Å². The summed E-state index contributed by atoms with van der Waals surface area (Å²) in [7, 11) is 3.34. The van der Waals surface area contributed by atoms with Gasteiger partial charge in [0.05, 0.1) is 18.8 Å². The van der Waals surface area contributed by atoms with Crippen LogP contribution in [0.4, 0.5) is 4.39 Å². The molecule has 19 heavy (non-hydrogen) atoms. The van der Waals surface area contributed by atoms with E-state index in [1.54, 1.807) is 16.8 Å². The number of halogens is 1.